The first-order valence-electron chi connectivity index (χ1n) is 10.5. The predicted octanol–water partition coefficient (Wildman–Crippen LogP) is 5.03. The average Bonchev–Trinajstić information content (AvgIpc) is 3.18. The molecule has 150 valence electrons. The molecule has 0 aliphatic carbocycles. The van der Waals surface area contributed by atoms with Gasteiger partial charge in [-0.15, -0.1) is 0 Å². The maximum absolute atomic E-state index is 13.3. The van der Waals surface area contributed by atoms with Gasteiger partial charge in [-0.2, -0.15) is 0 Å². The second-order valence-electron chi connectivity index (χ2n) is 9.04. The van der Waals surface area contributed by atoms with Crippen molar-refractivity contribution in [2.24, 2.45) is 0 Å². The number of rotatable bonds is 6. The number of likely N-dealkylation sites (tertiary alicyclic amines) is 1. The Morgan fingerprint density at radius 1 is 1.00 bits per heavy atom. The molecule has 3 heteroatoms. The number of aryl methyl sites for hydroxylation is 1. The van der Waals surface area contributed by atoms with Crippen molar-refractivity contribution >= 4 is 5.91 Å². The molecule has 1 aliphatic rings. The van der Waals surface area contributed by atoms with E-state index in [1.165, 1.54) is 24.0 Å². The Kier molecular flexibility index (Phi) is 6.56. The summed E-state index contributed by atoms with van der Waals surface area (Å²) >= 11 is 0. The standard InChI is InChI=1S/C25H34N2O/c1-20-9-5-6-10-23(20)24(28)27(18-17-26-15-7-8-16-26)19-21-11-13-22(14-12-21)25(2,3)4/h5-6,9-14H,7-8,15-19H2,1-4H3. The van der Waals surface area contributed by atoms with Gasteiger partial charge in [0, 0.05) is 25.2 Å². The molecule has 0 unspecified atom stereocenters. The van der Waals surface area contributed by atoms with Gasteiger partial charge in [0.05, 0.1) is 0 Å². The van der Waals surface area contributed by atoms with Gasteiger partial charge in [0.2, 0.25) is 0 Å². The molecule has 28 heavy (non-hydrogen) atoms. The van der Waals surface area contributed by atoms with Crippen molar-refractivity contribution in [3.8, 4) is 0 Å². The Bertz CT molecular complexity index is 783. The molecular formula is C25H34N2O. The normalized spacial score (nSPS) is 15.0. The lowest BCUT2D eigenvalue weighted by molar-refractivity contribution is 0.0726. The van der Waals surface area contributed by atoms with E-state index in [1.807, 2.05) is 36.1 Å². The van der Waals surface area contributed by atoms with Crippen molar-refractivity contribution in [3.63, 3.8) is 0 Å². The second kappa shape index (κ2) is 8.91. The van der Waals surface area contributed by atoms with Crippen molar-refractivity contribution in [2.75, 3.05) is 26.2 Å². The number of benzene rings is 2. The lowest BCUT2D eigenvalue weighted by Crippen LogP contribution is -2.37. The molecule has 1 fully saturated rings. The Morgan fingerprint density at radius 2 is 1.64 bits per heavy atom. The minimum absolute atomic E-state index is 0.136. The predicted molar refractivity (Wildman–Crippen MR) is 117 cm³/mol. The number of carbonyl (C=O) groups excluding carboxylic acids is 1. The van der Waals surface area contributed by atoms with E-state index in [-0.39, 0.29) is 11.3 Å². The number of hydrogen-bond acceptors (Lipinski definition) is 2. The Labute approximate surface area is 170 Å². The van der Waals surface area contributed by atoms with Crippen LogP contribution in [0.5, 0.6) is 0 Å². The first-order valence-corrected chi connectivity index (χ1v) is 10.5. The van der Waals surface area contributed by atoms with Crippen molar-refractivity contribution in [1.29, 1.82) is 0 Å². The van der Waals surface area contributed by atoms with E-state index in [9.17, 15) is 4.79 Å². The first-order chi connectivity index (χ1) is 13.3. The van der Waals surface area contributed by atoms with Gasteiger partial charge >= 0.3 is 0 Å². The summed E-state index contributed by atoms with van der Waals surface area (Å²) in [5.41, 5.74) is 4.52. The van der Waals surface area contributed by atoms with Gasteiger partial charge in [0.15, 0.2) is 0 Å². The van der Waals surface area contributed by atoms with Crippen molar-refractivity contribution in [1.82, 2.24) is 9.80 Å². The van der Waals surface area contributed by atoms with Crippen LogP contribution < -0.4 is 0 Å². The van der Waals surface area contributed by atoms with Gasteiger partial charge in [-0.05, 0) is 61.0 Å². The van der Waals surface area contributed by atoms with Crippen LogP contribution in [-0.4, -0.2) is 41.9 Å². The molecule has 3 rings (SSSR count). The highest BCUT2D eigenvalue weighted by molar-refractivity contribution is 5.95. The Balaban J connectivity index is 1.77. The summed E-state index contributed by atoms with van der Waals surface area (Å²) in [4.78, 5) is 17.8. The zero-order chi connectivity index (χ0) is 20.1. The molecule has 3 nitrogen and oxygen atoms in total. The molecule has 0 N–H and O–H groups in total. The molecule has 1 aliphatic heterocycles. The van der Waals surface area contributed by atoms with Gasteiger partial charge in [0.25, 0.3) is 5.91 Å². The van der Waals surface area contributed by atoms with Crippen LogP contribution in [-0.2, 0) is 12.0 Å². The minimum atomic E-state index is 0.136. The molecular weight excluding hydrogens is 344 g/mol. The van der Waals surface area contributed by atoms with Crippen LogP contribution in [0.1, 0.15) is 60.7 Å². The third-order valence-electron chi connectivity index (χ3n) is 5.74. The molecule has 2 aromatic rings. The number of carbonyl (C=O) groups is 1. The highest BCUT2D eigenvalue weighted by atomic mass is 16.2. The fraction of sp³-hybridized carbons (Fsp3) is 0.480. The molecule has 0 aromatic heterocycles. The van der Waals surface area contributed by atoms with Crippen molar-refractivity contribution in [2.45, 2.75) is 52.5 Å². The van der Waals surface area contributed by atoms with Crippen LogP contribution in [0.15, 0.2) is 48.5 Å². The largest absolute Gasteiger partial charge is 0.333 e. The van der Waals surface area contributed by atoms with Gasteiger partial charge < -0.3 is 9.80 Å². The van der Waals surface area contributed by atoms with Gasteiger partial charge in [-0.3, -0.25) is 4.79 Å². The summed E-state index contributed by atoms with van der Waals surface area (Å²) in [6.07, 6.45) is 2.56. The summed E-state index contributed by atoms with van der Waals surface area (Å²) in [6, 6.07) is 16.7. The van der Waals surface area contributed by atoms with Crippen LogP contribution in [0.3, 0.4) is 0 Å². The number of nitrogens with zero attached hydrogens (tertiary/aromatic N) is 2. The smallest absolute Gasteiger partial charge is 0.254 e. The molecule has 1 saturated heterocycles. The van der Waals surface area contributed by atoms with Gasteiger partial charge in [-0.1, -0.05) is 63.2 Å². The molecule has 0 saturated carbocycles. The van der Waals surface area contributed by atoms with E-state index in [0.717, 1.165) is 37.3 Å². The van der Waals surface area contributed by atoms with E-state index in [2.05, 4.69) is 49.9 Å². The topological polar surface area (TPSA) is 23.6 Å². The molecule has 0 radical (unpaired) electrons. The molecule has 1 heterocycles. The fourth-order valence-corrected chi connectivity index (χ4v) is 3.83. The van der Waals surface area contributed by atoms with Gasteiger partial charge in [0.1, 0.15) is 0 Å². The third-order valence-corrected chi connectivity index (χ3v) is 5.74. The zero-order valence-corrected chi connectivity index (χ0v) is 17.9. The summed E-state index contributed by atoms with van der Waals surface area (Å²) in [6.45, 7) is 13.4. The maximum Gasteiger partial charge on any atom is 0.254 e. The monoisotopic (exact) mass is 378 g/mol. The molecule has 0 atom stereocenters. The molecule has 0 spiro atoms. The summed E-state index contributed by atoms with van der Waals surface area (Å²) < 4.78 is 0. The number of amides is 1. The van der Waals surface area contributed by atoms with E-state index in [0.29, 0.717) is 6.54 Å². The molecule has 0 bridgehead atoms. The highest BCUT2D eigenvalue weighted by Gasteiger charge is 2.20. The Hall–Kier alpha value is -2.13. The zero-order valence-electron chi connectivity index (χ0n) is 17.9. The fourth-order valence-electron chi connectivity index (χ4n) is 3.83. The van der Waals surface area contributed by atoms with Crippen LogP contribution >= 0.6 is 0 Å². The van der Waals surface area contributed by atoms with Crippen LogP contribution in [0.2, 0.25) is 0 Å². The lowest BCUT2D eigenvalue weighted by Gasteiger charge is -2.27. The lowest BCUT2D eigenvalue weighted by atomic mass is 9.87. The van der Waals surface area contributed by atoms with E-state index in [1.54, 1.807) is 0 Å². The van der Waals surface area contributed by atoms with E-state index >= 15 is 0 Å². The van der Waals surface area contributed by atoms with Crippen LogP contribution in [0.25, 0.3) is 0 Å². The first kappa shape index (κ1) is 20.6. The SMILES string of the molecule is Cc1ccccc1C(=O)N(CCN1CCCC1)Cc1ccc(C(C)(C)C)cc1. The highest BCUT2D eigenvalue weighted by Crippen LogP contribution is 2.23. The van der Waals surface area contributed by atoms with E-state index < -0.39 is 0 Å². The van der Waals surface area contributed by atoms with Crippen LogP contribution in [0, 0.1) is 6.92 Å². The average molecular weight is 379 g/mol. The summed E-state index contributed by atoms with van der Waals surface area (Å²) in [5.74, 6) is 0.136. The van der Waals surface area contributed by atoms with Crippen LogP contribution in [0.4, 0.5) is 0 Å². The quantitative estimate of drug-likeness (QED) is 0.704. The van der Waals surface area contributed by atoms with Crippen molar-refractivity contribution in [3.05, 3.63) is 70.8 Å². The molecule has 1 amide bonds. The summed E-state index contributed by atoms with van der Waals surface area (Å²) in [7, 11) is 0. The van der Waals surface area contributed by atoms with Crippen molar-refractivity contribution < 1.29 is 4.79 Å². The second-order valence-corrected chi connectivity index (χ2v) is 9.04. The number of hydrogen-bond donors (Lipinski definition) is 0. The minimum Gasteiger partial charge on any atom is -0.333 e. The maximum atomic E-state index is 13.3. The third kappa shape index (κ3) is 5.23. The van der Waals surface area contributed by atoms with Gasteiger partial charge in [-0.25, -0.2) is 0 Å². The summed E-state index contributed by atoms with van der Waals surface area (Å²) in [5, 5.41) is 0. The van der Waals surface area contributed by atoms with E-state index in [4.69, 9.17) is 0 Å². The molecule has 2 aromatic carbocycles. The Morgan fingerprint density at radius 3 is 2.25 bits per heavy atom.